The summed E-state index contributed by atoms with van der Waals surface area (Å²) >= 11 is 6.84. The molecule has 2 heterocycles. The lowest BCUT2D eigenvalue weighted by Crippen LogP contribution is -2.31. The number of anilines is 1. The number of halogens is 2. The highest BCUT2D eigenvalue weighted by atomic mass is 79.9. The fourth-order valence-electron chi connectivity index (χ4n) is 3.94. The van der Waals surface area contributed by atoms with Crippen molar-refractivity contribution in [1.29, 1.82) is 0 Å². The lowest BCUT2D eigenvalue weighted by atomic mass is 9.95. The normalized spacial score (nSPS) is 16.2. The van der Waals surface area contributed by atoms with Crippen LogP contribution in [0.1, 0.15) is 22.2 Å². The van der Waals surface area contributed by atoms with Crippen LogP contribution in [0, 0.1) is 0 Å². The second-order valence-electron chi connectivity index (χ2n) is 7.35. The molecule has 1 atom stereocenters. The zero-order chi connectivity index (χ0) is 22.4. The van der Waals surface area contributed by atoms with Gasteiger partial charge in [0, 0.05) is 20.0 Å². The van der Waals surface area contributed by atoms with Crippen LogP contribution in [0.3, 0.4) is 0 Å². The predicted molar refractivity (Wildman–Crippen MR) is 129 cm³/mol. The molecular weight excluding hydrogens is 538 g/mol. The van der Waals surface area contributed by atoms with Gasteiger partial charge >= 0.3 is 0 Å². The summed E-state index contributed by atoms with van der Waals surface area (Å²) in [6, 6.07) is 22.6. The van der Waals surface area contributed by atoms with Gasteiger partial charge in [-0.05, 0) is 48.0 Å². The second kappa shape index (κ2) is 8.07. The summed E-state index contributed by atoms with van der Waals surface area (Å²) < 4.78 is 7.40. The summed E-state index contributed by atoms with van der Waals surface area (Å²) in [6.07, 6.45) is 0. The molecule has 0 fully saturated rings. The maximum atomic E-state index is 13.6. The molecule has 5 rings (SSSR count). The Balaban J connectivity index is 1.66. The highest BCUT2D eigenvalue weighted by Crippen LogP contribution is 2.42. The van der Waals surface area contributed by atoms with E-state index in [0.717, 1.165) is 14.3 Å². The van der Waals surface area contributed by atoms with Crippen molar-refractivity contribution in [2.75, 3.05) is 4.90 Å². The molecule has 1 unspecified atom stereocenters. The van der Waals surface area contributed by atoms with Crippen LogP contribution in [0.2, 0.25) is 0 Å². The van der Waals surface area contributed by atoms with Gasteiger partial charge in [-0.3, -0.25) is 14.5 Å². The predicted octanol–water partition coefficient (Wildman–Crippen LogP) is 6.74. The highest BCUT2D eigenvalue weighted by Gasteiger charge is 2.45. The van der Waals surface area contributed by atoms with Crippen LogP contribution in [-0.2, 0) is 4.79 Å². The van der Waals surface area contributed by atoms with E-state index >= 15 is 0 Å². The van der Waals surface area contributed by atoms with Gasteiger partial charge in [-0.1, -0.05) is 68.3 Å². The smallest absolute Gasteiger partial charge is 0.294 e. The zero-order valence-electron chi connectivity index (χ0n) is 16.5. The highest BCUT2D eigenvalue weighted by molar-refractivity contribution is 9.10. The second-order valence-corrected chi connectivity index (χ2v) is 9.18. The summed E-state index contributed by atoms with van der Waals surface area (Å²) in [5.41, 5.74) is 1.79. The molecule has 7 heteroatoms. The Hall–Kier alpha value is -3.16. The van der Waals surface area contributed by atoms with Crippen molar-refractivity contribution in [3.8, 4) is 0 Å². The topological polar surface area (TPSA) is 70.8 Å². The number of ketones is 1. The fraction of sp³-hybridized carbons (Fsp3) is 0.0400. The average Bonchev–Trinajstić information content (AvgIpc) is 3.32. The van der Waals surface area contributed by atoms with Crippen LogP contribution < -0.4 is 4.90 Å². The Morgan fingerprint density at radius 2 is 1.66 bits per heavy atom. The number of fused-ring (bicyclic) bond motifs is 1. The largest absolute Gasteiger partial charge is 0.503 e. The Bertz CT molecular complexity index is 1410. The van der Waals surface area contributed by atoms with Gasteiger partial charge in [0.2, 0.25) is 5.78 Å². The fourth-order valence-corrected chi connectivity index (χ4v) is 4.71. The van der Waals surface area contributed by atoms with Crippen molar-refractivity contribution in [2.45, 2.75) is 6.04 Å². The number of hydrogen-bond donors (Lipinski definition) is 1. The molecule has 1 aliphatic rings. The first-order chi connectivity index (χ1) is 15.4. The van der Waals surface area contributed by atoms with Gasteiger partial charge in [0.05, 0.1) is 11.6 Å². The third kappa shape index (κ3) is 3.47. The van der Waals surface area contributed by atoms with Crippen molar-refractivity contribution in [1.82, 2.24) is 0 Å². The molecule has 32 heavy (non-hydrogen) atoms. The number of Topliss-reactive ketones (excluding diaryl/α,β-unsaturated/α-hetero) is 1. The summed E-state index contributed by atoms with van der Waals surface area (Å²) in [5, 5.41) is 11.6. The van der Waals surface area contributed by atoms with E-state index in [-0.39, 0.29) is 11.3 Å². The Morgan fingerprint density at radius 1 is 0.906 bits per heavy atom. The molecule has 0 radical (unpaired) electrons. The first kappa shape index (κ1) is 20.7. The maximum Gasteiger partial charge on any atom is 0.294 e. The van der Waals surface area contributed by atoms with Gasteiger partial charge < -0.3 is 9.52 Å². The van der Waals surface area contributed by atoms with Gasteiger partial charge in [-0.15, -0.1) is 0 Å². The zero-order valence-corrected chi connectivity index (χ0v) is 19.6. The Kier molecular flexibility index (Phi) is 5.23. The van der Waals surface area contributed by atoms with Crippen LogP contribution in [0.15, 0.2) is 104 Å². The van der Waals surface area contributed by atoms with Gasteiger partial charge in [0.15, 0.2) is 11.5 Å². The molecule has 0 spiro atoms. The minimum Gasteiger partial charge on any atom is -0.503 e. The molecule has 1 amide bonds. The van der Waals surface area contributed by atoms with Crippen molar-refractivity contribution < 1.29 is 19.1 Å². The molecule has 3 aromatic carbocycles. The monoisotopic (exact) mass is 551 g/mol. The number of carbonyl (C=O) groups excluding carboxylic acids is 2. The minimum atomic E-state index is -0.801. The van der Waals surface area contributed by atoms with E-state index in [0.29, 0.717) is 16.8 Å². The van der Waals surface area contributed by atoms with Crippen LogP contribution >= 0.6 is 31.9 Å². The summed E-state index contributed by atoms with van der Waals surface area (Å²) in [4.78, 5) is 28.2. The van der Waals surface area contributed by atoms with Crippen LogP contribution in [0.25, 0.3) is 11.0 Å². The standard InChI is InChI=1S/C25H15Br2NO4/c26-16-7-4-8-18(13-16)28-22(14-5-2-1-3-6-14)21(24(30)25(28)31)23(29)20-12-15-11-17(27)9-10-19(15)32-20/h1-13,22,30H. The van der Waals surface area contributed by atoms with E-state index in [1.54, 1.807) is 30.3 Å². The molecular formula is C25H15Br2NO4. The van der Waals surface area contributed by atoms with Crippen molar-refractivity contribution in [3.05, 3.63) is 110 Å². The van der Waals surface area contributed by atoms with E-state index in [9.17, 15) is 14.7 Å². The van der Waals surface area contributed by atoms with Gasteiger partial charge in [-0.2, -0.15) is 0 Å². The van der Waals surface area contributed by atoms with Gasteiger partial charge in [0.25, 0.3) is 5.91 Å². The van der Waals surface area contributed by atoms with E-state index in [1.165, 1.54) is 4.90 Å². The minimum absolute atomic E-state index is 0.0145. The van der Waals surface area contributed by atoms with E-state index in [1.807, 2.05) is 48.5 Å². The van der Waals surface area contributed by atoms with Crippen molar-refractivity contribution in [3.63, 3.8) is 0 Å². The summed E-state index contributed by atoms with van der Waals surface area (Å²) in [7, 11) is 0. The molecule has 0 saturated heterocycles. The number of amides is 1. The van der Waals surface area contributed by atoms with Crippen molar-refractivity contribution in [2.24, 2.45) is 0 Å². The van der Waals surface area contributed by atoms with E-state index in [2.05, 4.69) is 31.9 Å². The Morgan fingerprint density at radius 3 is 2.41 bits per heavy atom. The molecule has 1 aromatic heterocycles. The summed E-state index contributed by atoms with van der Waals surface area (Å²) in [6.45, 7) is 0. The van der Waals surface area contributed by atoms with Crippen LogP contribution in [0.5, 0.6) is 0 Å². The summed E-state index contributed by atoms with van der Waals surface area (Å²) in [5.74, 6) is -1.69. The molecule has 0 saturated carbocycles. The van der Waals surface area contributed by atoms with Crippen molar-refractivity contribution >= 4 is 60.2 Å². The number of hydrogen-bond acceptors (Lipinski definition) is 4. The van der Waals surface area contributed by atoms with Gasteiger partial charge in [-0.25, -0.2) is 0 Å². The first-order valence-electron chi connectivity index (χ1n) is 9.75. The molecule has 158 valence electrons. The number of rotatable bonds is 4. The molecule has 1 aliphatic heterocycles. The lowest BCUT2D eigenvalue weighted by molar-refractivity contribution is -0.117. The number of aliphatic hydroxyl groups is 1. The number of carbonyl (C=O) groups is 2. The Labute approximate surface area is 200 Å². The molecule has 0 bridgehead atoms. The van der Waals surface area contributed by atoms with Gasteiger partial charge in [0.1, 0.15) is 5.58 Å². The first-order valence-corrected chi connectivity index (χ1v) is 11.3. The molecule has 4 aromatic rings. The third-order valence-electron chi connectivity index (χ3n) is 5.36. The number of benzene rings is 3. The molecule has 5 nitrogen and oxygen atoms in total. The number of aliphatic hydroxyl groups excluding tert-OH is 1. The molecule has 1 N–H and O–H groups in total. The SMILES string of the molecule is O=C(C1=C(O)C(=O)N(c2cccc(Br)c2)C1c1ccccc1)c1cc2cc(Br)ccc2o1. The average molecular weight is 553 g/mol. The quantitative estimate of drug-likeness (QED) is 0.285. The van der Waals surface area contributed by atoms with Crippen LogP contribution in [-0.4, -0.2) is 16.8 Å². The van der Waals surface area contributed by atoms with Crippen LogP contribution in [0.4, 0.5) is 5.69 Å². The number of nitrogens with zero attached hydrogens (tertiary/aromatic N) is 1. The number of furan rings is 1. The van der Waals surface area contributed by atoms with E-state index < -0.39 is 23.5 Å². The lowest BCUT2D eigenvalue weighted by Gasteiger charge is -2.27. The third-order valence-corrected chi connectivity index (χ3v) is 6.34. The van der Waals surface area contributed by atoms with E-state index in [4.69, 9.17) is 4.42 Å². The maximum absolute atomic E-state index is 13.6. The molecule has 0 aliphatic carbocycles.